The summed E-state index contributed by atoms with van der Waals surface area (Å²) in [5.41, 5.74) is -12.9. The van der Waals surface area contributed by atoms with E-state index < -0.39 is 69.9 Å². The lowest BCUT2D eigenvalue weighted by atomic mass is 9.97. The summed E-state index contributed by atoms with van der Waals surface area (Å²) in [5, 5.41) is 3.66. The van der Waals surface area contributed by atoms with Gasteiger partial charge < -0.3 is 10.6 Å². The minimum absolute atomic E-state index is 0.336. The molecule has 0 aliphatic carbocycles. The number of hydrogen-bond acceptors (Lipinski definition) is 2. The van der Waals surface area contributed by atoms with Gasteiger partial charge in [-0.1, -0.05) is 0 Å². The van der Waals surface area contributed by atoms with Crippen LogP contribution in [-0.2, 0) is 29.5 Å². The van der Waals surface area contributed by atoms with Crippen molar-refractivity contribution < 1.29 is 57.5 Å². The van der Waals surface area contributed by atoms with Crippen molar-refractivity contribution in [1.82, 2.24) is 0 Å². The van der Waals surface area contributed by atoms with Crippen LogP contribution in [0, 0.1) is 0 Å². The normalized spacial score (nSPS) is 13.1. The first-order chi connectivity index (χ1) is 14.7. The minimum atomic E-state index is -6.08. The van der Waals surface area contributed by atoms with Gasteiger partial charge in [0.05, 0.1) is 27.9 Å². The van der Waals surface area contributed by atoms with Crippen LogP contribution in [0.5, 0.6) is 0 Å². The van der Waals surface area contributed by atoms with Crippen molar-refractivity contribution in [2.45, 2.75) is 31.6 Å². The Hall–Kier alpha value is -3.13. The topological polar surface area (TPSA) is 41.1 Å². The van der Waals surface area contributed by atoms with Crippen LogP contribution in [0.15, 0.2) is 30.3 Å². The Morgan fingerprint density at radius 2 is 1.06 bits per heavy atom. The van der Waals surface area contributed by atoms with E-state index in [0.717, 1.165) is 13.0 Å². The molecule has 0 spiro atoms. The smallest absolute Gasteiger partial charge is 0.355 e. The van der Waals surface area contributed by atoms with Crippen LogP contribution in [0.4, 0.5) is 69.7 Å². The maximum absolute atomic E-state index is 13.4. The van der Waals surface area contributed by atoms with E-state index in [4.69, 9.17) is 0 Å². The minimum Gasteiger partial charge on any atom is -0.355 e. The molecule has 0 atom stereocenters. The molecule has 2 aromatic rings. The van der Waals surface area contributed by atoms with Crippen molar-refractivity contribution in [3.63, 3.8) is 0 Å². The fraction of sp³-hybridized carbons (Fsp3) is 0.278. The molecule has 0 heterocycles. The van der Waals surface area contributed by atoms with Crippen molar-refractivity contribution >= 4 is 23.0 Å². The fourth-order valence-electron chi connectivity index (χ4n) is 2.79. The Labute approximate surface area is 176 Å². The van der Waals surface area contributed by atoms with Gasteiger partial charge in [0.15, 0.2) is 0 Å². The van der Waals surface area contributed by atoms with Crippen molar-refractivity contribution in [3.8, 4) is 0 Å². The molecule has 3 nitrogen and oxygen atoms in total. The highest BCUT2D eigenvalue weighted by molar-refractivity contribution is 5.89. The second-order valence-electron chi connectivity index (χ2n) is 6.50. The van der Waals surface area contributed by atoms with E-state index in [9.17, 15) is 57.5 Å². The first-order valence-corrected chi connectivity index (χ1v) is 8.36. The molecule has 33 heavy (non-hydrogen) atoms. The summed E-state index contributed by atoms with van der Waals surface area (Å²) in [7, 11) is 0. The molecule has 0 saturated heterocycles. The highest BCUT2D eigenvalue weighted by Crippen LogP contribution is 2.48. The summed E-state index contributed by atoms with van der Waals surface area (Å²) in [4.78, 5) is 11.0. The second kappa shape index (κ2) is 8.33. The van der Waals surface area contributed by atoms with E-state index in [1.54, 1.807) is 5.32 Å². The first kappa shape index (κ1) is 26.1. The van der Waals surface area contributed by atoms with E-state index in [0.29, 0.717) is 12.1 Å². The Kier molecular flexibility index (Phi) is 6.60. The molecule has 0 saturated carbocycles. The summed E-state index contributed by atoms with van der Waals surface area (Å²) in [6, 6.07) is 1.01. The molecule has 0 aromatic heterocycles. The monoisotopic (exact) mass is 498 g/mol. The van der Waals surface area contributed by atoms with Gasteiger partial charge in [-0.25, -0.2) is 0 Å². The predicted molar refractivity (Wildman–Crippen MR) is 90.5 cm³/mol. The van der Waals surface area contributed by atoms with Crippen molar-refractivity contribution in [2.24, 2.45) is 0 Å². The van der Waals surface area contributed by atoms with Gasteiger partial charge in [-0.05, 0) is 30.3 Å². The van der Waals surface area contributed by atoms with Gasteiger partial charge in [-0.15, -0.1) is 0 Å². The lowest BCUT2D eigenvalue weighted by molar-refractivity contribution is -0.174. The number of amides is 1. The third-order valence-electron chi connectivity index (χ3n) is 3.96. The molecule has 182 valence electrons. The molecule has 1 amide bonds. The molecule has 2 N–H and O–H groups in total. The molecule has 0 bridgehead atoms. The molecule has 0 aliphatic heterocycles. The largest absolute Gasteiger partial charge is 0.418 e. The van der Waals surface area contributed by atoms with Crippen molar-refractivity contribution in [3.05, 3.63) is 52.6 Å². The lowest BCUT2D eigenvalue weighted by Gasteiger charge is -2.23. The van der Waals surface area contributed by atoms with Crippen LogP contribution in [0.1, 0.15) is 29.2 Å². The zero-order valence-corrected chi connectivity index (χ0v) is 15.8. The highest BCUT2D eigenvalue weighted by atomic mass is 19.4. The number of benzene rings is 2. The second-order valence-corrected chi connectivity index (χ2v) is 6.50. The standard InChI is InChI=1S/C18H10F12N2O/c1-7(33)31-8-2-3-13(10(4-8)15(19,20)21)32-9-5-11(16(22,23)24)14(18(28,29)30)12(6-9)17(25,26)27/h2-6,32H,1H3,(H,31,33). The number of rotatable bonds is 3. The first-order valence-electron chi connectivity index (χ1n) is 8.36. The zero-order chi connectivity index (χ0) is 25.6. The number of alkyl halides is 12. The van der Waals surface area contributed by atoms with Gasteiger partial charge in [-0.3, -0.25) is 4.79 Å². The summed E-state index contributed by atoms with van der Waals surface area (Å²) in [5.74, 6) is -0.781. The average Bonchev–Trinajstić information content (AvgIpc) is 2.58. The van der Waals surface area contributed by atoms with E-state index >= 15 is 0 Å². The van der Waals surface area contributed by atoms with Gasteiger partial charge in [0, 0.05) is 18.3 Å². The van der Waals surface area contributed by atoms with Crippen molar-refractivity contribution in [1.29, 1.82) is 0 Å². The maximum Gasteiger partial charge on any atom is 0.418 e. The van der Waals surface area contributed by atoms with E-state index in [1.165, 1.54) is 0 Å². The number of halogens is 12. The Morgan fingerprint density at radius 3 is 1.42 bits per heavy atom. The fourth-order valence-corrected chi connectivity index (χ4v) is 2.79. The molecule has 2 aromatic carbocycles. The average molecular weight is 498 g/mol. The summed E-state index contributed by atoms with van der Waals surface area (Å²) in [6.07, 6.45) is -23.1. The molecule has 0 unspecified atom stereocenters. The number of carbonyl (C=O) groups excluding carboxylic acids is 1. The van der Waals surface area contributed by atoms with Crippen LogP contribution in [0.2, 0.25) is 0 Å². The number of hydrogen-bond donors (Lipinski definition) is 2. The molecule has 2 rings (SSSR count). The van der Waals surface area contributed by atoms with Gasteiger partial charge in [0.2, 0.25) is 5.91 Å². The van der Waals surface area contributed by atoms with E-state index in [-0.39, 0.29) is 12.1 Å². The predicted octanol–water partition coefficient (Wildman–Crippen LogP) is 7.46. The van der Waals surface area contributed by atoms with Crippen molar-refractivity contribution in [2.75, 3.05) is 10.6 Å². The number of nitrogens with one attached hydrogen (secondary N) is 2. The van der Waals surface area contributed by atoms with Crippen LogP contribution in [0.25, 0.3) is 0 Å². The Morgan fingerprint density at radius 1 is 0.636 bits per heavy atom. The molecular formula is C18H10F12N2O. The Balaban J connectivity index is 2.76. The highest BCUT2D eigenvalue weighted by Gasteiger charge is 2.50. The van der Waals surface area contributed by atoms with E-state index in [1.807, 2.05) is 5.32 Å². The van der Waals surface area contributed by atoms with Crippen LogP contribution in [-0.4, -0.2) is 5.91 Å². The molecule has 0 radical (unpaired) electrons. The Bertz CT molecular complexity index is 1010. The number of carbonyl (C=O) groups is 1. The van der Waals surface area contributed by atoms with Gasteiger partial charge >= 0.3 is 24.7 Å². The lowest BCUT2D eigenvalue weighted by Crippen LogP contribution is -2.23. The third kappa shape index (κ3) is 6.22. The third-order valence-corrected chi connectivity index (χ3v) is 3.96. The van der Waals surface area contributed by atoms with Crippen LogP contribution >= 0.6 is 0 Å². The number of anilines is 3. The summed E-state index contributed by atoms with van der Waals surface area (Å²) < 4.78 is 159. The summed E-state index contributed by atoms with van der Waals surface area (Å²) >= 11 is 0. The quantitative estimate of drug-likeness (QED) is 0.432. The van der Waals surface area contributed by atoms with Gasteiger partial charge in [-0.2, -0.15) is 52.7 Å². The molecule has 15 heteroatoms. The summed E-state index contributed by atoms with van der Waals surface area (Å²) in [6.45, 7) is 0.957. The zero-order valence-electron chi connectivity index (χ0n) is 15.8. The molecule has 0 aliphatic rings. The van der Waals surface area contributed by atoms with Gasteiger partial charge in [0.1, 0.15) is 0 Å². The van der Waals surface area contributed by atoms with E-state index in [2.05, 4.69) is 0 Å². The maximum atomic E-state index is 13.4. The molecular weight excluding hydrogens is 488 g/mol. The SMILES string of the molecule is CC(=O)Nc1ccc(Nc2cc(C(F)(F)F)c(C(F)(F)F)c(C(F)(F)F)c2)c(C(F)(F)F)c1. The van der Waals surface area contributed by atoms with Crippen LogP contribution < -0.4 is 10.6 Å². The van der Waals surface area contributed by atoms with Gasteiger partial charge in [0.25, 0.3) is 0 Å². The van der Waals surface area contributed by atoms with Crippen LogP contribution in [0.3, 0.4) is 0 Å². The molecule has 0 fully saturated rings.